The van der Waals surface area contributed by atoms with Gasteiger partial charge in [0.05, 0.1) is 22.9 Å². The number of anilines is 1. The van der Waals surface area contributed by atoms with Gasteiger partial charge in [-0.3, -0.25) is 24.2 Å². The number of benzene rings is 2. The number of aryl methyl sites for hydroxylation is 1. The highest BCUT2D eigenvalue weighted by Crippen LogP contribution is 2.36. The fourth-order valence-electron chi connectivity index (χ4n) is 4.09. The van der Waals surface area contributed by atoms with Gasteiger partial charge in [-0.1, -0.05) is 43.4 Å². The Bertz CT molecular complexity index is 1220. The van der Waals surface area contributed by atoms with Crippen molar-refractivity contribution in [1.29, 1.82) is 0 Å². The molecule has 1 aromatic heterocycles. The number of thiazole rings is 1. The van der Waals surface area contributed by atoms with Crippen molar-refractivity contribution in [2.75, 3.05) is 44.7 Å². The summed E-state index contributed by atoms with van der Waals surface area (Å²) in [7, 11) is 1.59. The maximum Gasteiger partial charge on any atom is 0.262 e. The molecule has 0 N–H and O–H groups in total. The molecule has 0 bridgehead atoms. The van der Waals surface area contributed by atoms with E-state index in [4.69, 9.17) is 9.72 Å². The number of ether oxygens (including phenoxy) is 1. The third kappa shape index (κ3) is 4.28. The van der Waals surface area contributed by atoms with Crippen LogP contribution in [0.1, 0.15) is 40.1 Å². The molecule has 2 heterocycles. The summed E-state index contributed by atoms with van der Waals surface area (Å²) in [4.78, 5) is 48.8. The van der Waals surface area contributed by atoms with E-state index in [9.17, 15) is 14.4 Å². The average Bonchev–Trinajstić information content (AvgIpc) is 3.39. The van der Waals surface area contributed by atoms with Gasteiger partial charge in [0.2, 0.25) is 5.91 Å². The highest BCUT2D eigenvalue weighted by atomic mass is 32.1. The first-order chi connectivity index (χ1) is 16.4. The molecule has 9 heteroatoms. The van der Waals surface area contributed by atoms with E-state index in [1.165, 1.54) is 11.3 Å². The van der Waals surface area contributed by atoms with Gasteiger partial charge in [-0.2, -0.15) is 0 Å². The third-order valence-corrected chi connectivity index (χ3v) is 7.36. The second-order valence-corrected chi connectivity index (χ2v) is 9.05. The SMILES string of the molecule is CCN(CC)CCN(C(=O)CN1C(=O)c2ccccc2C1=O)c1nc2c(OC)ccc(C)c2s1. The molecule has 2 aromatic carbocycles. The van der Waals surface area contributed by atoms with Gasteiger partial charge in [0.1, 0.15) is 17.8 Å². The van der Waals surface area contributed by atoms with Crippen LogP contribution < -0.4 is 9.64 Å². The molecule has 3 aromatic rings. The molecule has 1 aliphatic heterocycles. The number of rotatable bonds is 9. The molecule has 0 atom stereocenters. The first-order valence-corrected chi connectivity index (χ1v) is 12.1. The van der Waals surface area contributed by atoms with E-state index in [1.807, 2.05) is 19.1 Å². The Hall–Kier alpha value is -3.30. The van der Waals surface area contributed by atoms with Crippen molar-refractivity contribution in [3.8, 4) is 5.75 Å². The lowest BCUT2D eigenvalue weighted by atomic mass is 10.1. The number of imide groups is 1. The van der Waals surface area contributed by atoms with Crippen LogP contribution >= 0.6 is 11.3 Å². The maximum absolute atomic E-state index is 13.5. The summed E-state index contributed by atoms with van der Waals surface area (Å²) in [6, 6.07) is 10.5. The Morgan fingerprint density at radius 1 is 1.03 bits per heavy atom. The van der Waals surface area contributed by atoms with E-state index in [2.05, 4.69) is 18.7 Å². The standard InChI is InChI=1S/C25H28N4O4S/c1-5-27(6-2)13-14-28(25-26-21-19(33-4)12-11-16(3)22(21)34-25)20(30)15-29-23(31)17-9-7-8-10-18(17)24(29)32/h7-12H,5-6,13-15H2,1-4H3. The molecular formula is C25H28N4O4S. The molecule has 0 fully saturated rings. The van der Waals surface area contributed by atoms with E-state index in [1.54, 1.807) is 36.3 Å². The first-order valence-electron chi connectivity index (χ1n) is 11.3. The fourth-order valence-corrected chi connectivity index (χ4v) is 5.18. The van der Waals surface area contributed by atoms with Crippen LogP contribution in [0.5, 0.6) is 5.75 Å². The van der Waals surface area contributed by atoms with Crippen LogP contribution in [0.2, 0.25) is 0 Å². The van der Waals surface area contributed by atoms with Crippen molar-refractivity contribution in [2.24, 2.45) is 0 Å². The molecule has 1 aliphatic rings. The van der Waals surface area contributed by atoms with Crippen LogP contribution in [0.4, 0.5) is 5.13 Å². The number of amides is 3. The van der Waals surface area contributed by atoms with E-state index < -0.39 is 11.8 Å². The molecule has 0 aliphatic carbocycles. The van der Waals surface area contributed by atoms with Crippen LogP contribution in [0.3, 0.4) is 0 Å². The Balaban J connectivity index is 1.66. The predicted molar refractivity (Wildman–Crippen MR) is 133 cm³/mol. The maximum atomic E-state index is 13.5. The molecule has 0 spiro atoms. The Morgan fingerprint density at radius 2 is 1.68 bits per heavy atom. The summed E-state index contributed by atoms with van der Waals surface area (Å²) in [6.07, 6.45) is 0. The molecule has 178 valence electrons. The topological polar surface area (TPSA) is 83.0 Å². The summed E-state index contributed by atoms with van der Waals surface area (Å²) < 4.78 is 6.42. The molecule has 4 rings (SSSR count). The highest BCUT2D eigenvalue weighted by Gasteiger charge is 2.37. The lowest BCUT2D eigenvalue weighted by Gasteiger charge is -2.26. The van der Waals surface area contributed by atoms with Crippen molar-refractivity contribution in [2.45, 2.75) is 20.8 Å². The molecule has 8 nitrogen and oxygen atoms in total. The number of likely N-dealkylation sites (N-methyl/N-ethyl adjacent to an activating group) is 1. The lowest BCUT2D eigenvalue weighted by Crippen LogP contribution is -2.45. The number of carbonyl (C=O) groups is 3. The lowest BCUT2D eigenvalue weighted by molar-refractivity contribution is -0.119. The van der Waals surface area contributed by atoms with Gasteiger partial charge < -0.3 is 9.64 Å². The number of hydrogen-bond acceptors (Lipinski definition) is 7. The second kappa shape index (κ2) is 9.90. The minimum Gasteiger partial charge on any atom is -0.494 e. The van der Waals surface area contributed by atoms with Gasteiger partial charge in [0, 0.05) is 13.1 Å². The van der Waals surface area contributed by atoms with Gasteiger partial charge in [-0.15, -0.1) is 0 Å². The summed E-state index contributed by atoms with van der Waals surface area (Å²) in [6.45, 7) is 8.53. The van der Waals surface area contributed by atoms with Gasteiger partial charge in [-0.25, -0.2) is 4.98 Å². The molecule has 0 unspecified atom stereocenters. The van der Waals surface area contributed by atoms with Crippen molar-refractivity contribution in [3.05, 3.63) is 53.1 Å². The number of hydrogen-bond donors (Lipinski definition) is 0. The van der Waals surface area contributed by atoms with Crippen LogP contribution in [0.25, 0.3) is 10.2 Å². The molecule has 0 radical (unpaired) electrons. The van der Waals surface area contributed by atoms with Gasteiger partial charge >= 0.3 is 0 Å². The Labute approximate surface area is 202 Å². The van der Waals surface area contributed by atoms with Crippen LogP contribution in [-0.4, -0.2) is 72.3 Å². The van der Waals surface area contributed by atoms with E-state index in [-0.39, 0.29) is 12.5 Å². The monoisotopic (exact) mass is 480 g/mol. The van der Waals surface area contributed by atoms with E-state index >= 15 is 0 Å². The summed E-state index contributed by atoms with van der Waals surface area (Å²) >= 11 is 1.41. The average molecular weight is 481 g/mol. The zero-order chi connectivity index (χ0) is 24.4. The second-order valence-electron chi connectivity index (χ2n) is 8.07. The van der Waals surface area contributed by atoms with Crippen LogP contribution in [0, 0.1) is 6.92 Å². The summed E-state index contributed by atoms with van der Waals surface area (Å²) in [5.41, 5.74) is 2.39. The van der Waals surface area contributed by atoms with Gasteiger partial charge in [-0.05, 0) is 43.8 Å². The zero-order valence-corrected chi connectivity index (χ0v) is 20.6. The molecule has 3 amide bonds. The van der Waals surface area contributed by atoms with Crippen molar-refractivity contribution in [1.82, 2.24) is 14.8 Å². The van der Waals surface area contributed by atoms with Crippen molar-refractivity contribution < 1.29 is 19.1 Å². The number of fused-ring (bicyclic) bond motifs is 2. The molecular weight excluding hydrogens is 452 g/mol. The Morgan fingerprint density at radius 3 is 2.26 bits per heavy atom. The number of carbonyl (C=O) groups excluding carboxylic acids is 3. The normalized spacial score (nSPS) is 13.1. The smallest absolute Gasteiger partial charge is 0.262 e. The predicted octanol–water partition coefficient (Wildman–Crippen LogP) is 3.58. The minimum atomic E-state index is -0.445. The minimum absolute atomic E-state index is 0.329. The number of nitrogens with zero attached hydrogens (tertiary/aromatic N) is 4. The van der Waals surface area contributed by atoms with Crippen LogP contribution in [-0.2, 0) is 4.79 Å². The van der Waals surface area contributed by atoms with Gasteiger partial charge in [0.25, 0.3) is 11.8 Å². The summed E-state index contributed by atoms with van der Waals surface area (Å²) in [5.74, 6) is -0.601. The number of methoxy groups -OCH3 is 1. The molecule has 0 saturated heterocycles. The molecule has 0 saturated carbocycles. The Kier molecular flexibility index (Phi) is 6.95. The van der Waals surface area contributed by atoms with Crippen molar-refractivity contribution >= 4 is 44.4 Å². The van der Waals surface area contributed by atoms with E-state index in [0.717, 1.165) is 28.3 Å². The van der Waals surface area contributed by atoms with E-state index in [0.29, 0.717) is 40.6 Å². The van der Waals surface area contributed by atoms with Crippen molar-refractivity contribution in [3.63, 3.8) is 0 Å². The molecule has 34 heavy (non-hydrogen) atoms. The van der Waals surface area contributed by atoms with Gasteiger partial charge in [0.15, 0.2) is 5.13 Å². The summed E-state index contributed by atoms with van der Waals surface area (Å²) in [5, 5.41) is 0.524. The third-order valence-electron chi connectivity index (χ3n) is 6.15. The zero-order valence-electron chi connectivity index (χ0n) is 19.8. The van der Waals surface area contributed by atoms with Crippen LogP contribution in [0.15, 0.2) is 36.4 Å². The largest absolute Gasteiger partial charge is 0.494 e. The first kappa shape index (κ1) is 23.8. The number of aromatic nitrogens is 1. The quantitative estimate of drug-likeness (QED) is 0.436. The fraction of sp³-hybridized carbons (Fsp3) is 0.360. The highest BCUT2D eigenvalue weighted by molar-refractivity contribution is 7.22.